The van der Waals surface area contributed by atoms with Crippen LogP contribution in [0.3, 0.4) is 0 Å². The fourth-order valence-electron chi connectivity index (χ4n) is 2.35. The van der Waals surface area contributed by atoms with E-state index >= 15 is 0 Å². The normalized spacial score (nSPS) is 19.6. The largest absolute Gasteiger partial charge is 0.481 e. The lowest BCUT2D eigenvalue weighted by Gasteiger charge is -2.35. The Hall–Kier alpha value is -1.66. The molecule has 6 heteroatoms. The number of aromatic nitrogens is 1. The van der Waals surface area contributed by atoms with E-state index in [-0.39, 0.29) is 11.9 Å². The Kier molecular flexibility index (Phi) is 5.31. The highest BCUT2D eigenvalue weighted by Gasteiger charge is 2.28. The Morgan fingerprint density at radius 1 is 1.60 bits per heavy atom. The number of nitrogens with one attached hydrogen (secondary N) is 2. The highest BCUT2D eigenvalue weighted by atomic mass is 16.5. The maximum absolute atomic E-state index is 12.1. The predicted octanol–water partition coefficient (Wildman–Crippen LogP) is 0.000100. The molecule has 1 aromatic rings. The molecular formula is C14H22N4O2. The van der Waals surface area contributed by atoms with Crippen LogP contribution in [-0.2, 0) is 11.3 Å². The van der Waals surface area contributed by atoms with Gasteiger partial charge in [0, 0.05) is 45.0 Å². The third kappa shape index (κ3) is 3.68. The first-order valence-corrected chi connectivity index (χ1v) is 6.96. The fourth-order valence-corrected chi connectivity index (χ4v) is 2.35. The Morgan fingerprint density at radius 3 is 3.10 bits per heavy atom. The zero-order valence-electron chi connectivity index (χ0n) is 12.1. The Bertz CT molecular complexity index is 435. The molecule has 0 radical (unpaired) electrons. The molecule has 2 heterocycles. The number of nitrogens with zero attached hydrogens (tertiary/aromatic N) is 2. The van der Waals surface area contributed by atoms with Crippen LogP contribution in [0.2, 0.25) is 0 Å². The molecule has 20 heavy (non-hydrogen) atoms. The Labute approximate surface area is 119 Å². The molecule has 0 aliphatic carbocycles. The van der Waals surface area contributed by atoms with Crippen molar-refractivity contribution < 1.29 is 9.53 Å². The number of carbonyl (C=O) groups excluding carboxylic acids is 1. The summed E-state index contributed by atoms with van der Waals surface area (Å²) in [6.45, 7) is 5.77. The molecule has 0 spiro atoms. The minimum Gasteiger partial charge on any atom is -0.481 e. The lowest BCUT2D eigenvalue weighted by Crippen LogP contribution is -2.57. The van der Waals surface area contributed by atoms with E-state index in [4.69, 9.17) is 4.74 Å². The maximum Gasteiger partial charge on any atom is 0.238 e. The van der Waals surface area contributed by atoms with E-state index < -0.39 is 0 Å². The van der Waals surface area contributed by atoms with Gasteiger partial charge in [0.15, 0.2) is 0 Å². The van der Waals surface area contributed by atoms with Crippen LogP contribution in [0, 0.1) is 0 Å². The van der Waals surface area contributed by atoms with Crippen molar-refractivity contribution in [1.29, 1.82) is 0 Å². The minimum absolute atomic E-state index is 0.0844. The number of likely N-dealkylation sites (N-methyl/N-ethyl adjacent to an activating group) is 1. The SMILES string of the molecule is CCNC(=O)C1CNCCN1Cc1ccc(OC)nc1. The molecule has 1 unspecified atom stereocenters. The molecule has 2 N–H and O–H groups in total. The highest BCUT2D eigenvalue weighted by molar-refractivity contribution is 5.82. The van der Waals surface area contributed by atoms with E-state index in [1.165, 1.54) is 0 Å². The molecule has 1 saturated heterocycles. The average Bonchev–Trinajstić information content (AvgIpc) is 2.49. The summed E-state index contributed by atoms with van der Waals surface area (Å²) in [7, 11) is 1.60. The van der Waals surface area contributed by atoms with Gasteiger partial charge in [-0.1, -0.05) is 6.07 Å². The number of rotatable bonds is 5. The molecule has 110 valence electrons. The number of hydrogen-bond acceptors (Lipinski definition) is 5. The average molecular weight is 278 g/mol. The first-order chi connectivity index (χ1) is 9.74. The molecule has 1 atom stereocenters. The fraction of sp³-hybridized carbons (Fsp3) is 0.571. The number of piperazine rings is 1. The lowest BCUT2D eigenvalue weighted by molar-refractivity contribution is -0.127. The van der Waals surface area contributed by atoms with Crippen LogP contribution in [0.4, 0.5) is 0 Å². The van der Waals surface area contributed by atoms with Crippen molar-refractivity contribution in [1.82, 2.24) is 20.5 Å². The van der Waals surface area contributed by atoms with Gasteiger partial charge in [-0.2, -0.15) is 0 Å². The van der Waals surface area contributed by atoms with Crippen molar-refractivity contribution >= 4 is 5.91 Å². The lowest BCUT2D eigenvalue weighted by atomic mass is 10.1. The Morgan fingerprint density at radius 2 is 2.45 bits per heavy atom. The molecule has 1 aromatic heterocycles. The van der Waals surface area contributed by atoms with Gasteiger partial charge in [0.05, 0.1) is 7.11 Å². The van der Waals surface area contributed by atoms with Crippen molar-refractivity contribution in [2.75, 3.05) is 33.3 Å². The second-order valence-electron chi connectivity index (χ2n) is 4.79. The summed E-state index contributed by atoms with van der Waals surface area (Å²) >= 11 is 0. The summed E-state index contributed by atoms with van der Waals surface area (Å²) in [5, 5.41) is 6.16. The van der Waals surface area contributed by atoms with Gasteiger partial charge in [0.2, 0.25) is 11.8 Å². The van der Waals surface area contributed by atoms with Crippen LogP contribution in [0.1, 0.15) is 12.5 Å². The summed E-state index contributed by atoms with van der Waals surface area (Å²) in [6.07, 6.45) is 1.80. The van der Waals surface area contributed by atoms with E-state index in [9.17, 15) is 4.79 Å². The summed E-state index contributed by atoms with van der Waals surface area (Å²) in [5.74, 6) is 0.690. The molecule has 6 nitrogen and oxygen atoms in total. The second kappa shape index (κ2) is 7.21. The van der Waals surface area contributed by atoms with Gasteiger partial charge in [0.25, 0.3) is 0 Å². The van der Waals surface area contributed by atoms with E-state index in [1.54, 1.807) is 13.3 Å². The van der Waals surface area contributed by atoms with Crippen molar-refractivity contribution in [2.24, 2.45) is 0 Å². The van der Waals surface area contributed by atoms with Crippen molar-refractivity contribution in [2.45, 2.75) is 19.5 Å². The third-order valence-corrected chi connectivity index (χ3v) is 3.40. The summed E-state index contributed by atoms with van der Waals surface area (Å²) < 4.78 is 5.05. The molecular weight excluding hydrogens is 256 g/mol. The molecule has 0 saturated carbocycles. The van der Waals surface area contributed by atoms with Crippen LogP contribution < -0.4 is 15.4 Å². The summed E-state index contributed by atoms with van der Waals surface area (Å²) in [5.41, 5.74) is 1.09. The zero-order valence-corrected chi connectivity index (χ0v) is 12.1. The zero-order chi connectivity index (χ0) is 14.4. The maximum atomic E-state index is 12.1. The van der Waals surface area contributed by atoms with E-state index in [1.807, 2.05) is 19.1 Å². The predicted molar refractivity (Wildman–Crippen MR) is 76.5 cm³/mol. The summed E-state index contributed by atoms with van der Waals surface area (Å²) in [6, 6.07) is 3.71. The first kappa shape index (κ1) is 14.7. The smallest absolute Gasteiger partial charge is 0.238 e. The second-order valence-corrected chi connectivity index (χ2v) is 4.79. The van der Waals surface area contributed by atoms with Gasteiger partial charge in [0.1, 0.15) is 6.04 Å². The quantitative estimate of drug-likeness (QED) is 0.793. The van der Waals surface area contributed by atoms with Crippen LogP contribution in [0.25, 0.3) is 0 Å². The van der Waals surface area contributed by atoms with Gasteiger partial charge in [-0.15, -0.1) is 0 Å². The van der Waals surface area contributed by atoms with E-state index in [0.717, 1.165) is 25.2 Å². The van der Waals surface area contributed by atoms with Gasteiger partial charge in [-0.25, -0.2) is 4.98 Å². The van der Waals surface area contributed by atoms with Gasteiger partial charge >= 0.3 is 0 Å². The number of amides is 1. The van der Waals surface area contributed by atoms with E-state index in [2.05, 4.69) is 20.5 Å². The number of methoxy groups -OCH3 is 1. The van der Waals surface area contributed by atoms with Crippen molar-refractivity contribution in [3.05, 3.63) is 23.9 Å². The number of carbonyl (C=O) groups is 1. The van der Waals surface area contributed by atoms with Crippen LogP contribution in [-0.4, -0.2) is 55.1 Å². The molecule has 0 bridgehead atoms. The third-order valence-electron chi connectivity index (χ3n) is 3.40. The Balaban J connectivity index is 2.02. The monoisotopic (exact) mass is 278 g/mol. The number of hydrogen-bond donors (Lipinski definition) is 2. The van der Waals surface area contributed by atoms with Gasteiger partial charge in [-0.05, 0) is 12.5 Å². The van der Waals surface area contributed by atoms with Gasteiger partial charge < -0.3 is 15.4 Å². The van der Waals surface area contributed by atoms with Crippen LogP contribution in [0.15, 0.2) is 18.3 Å². The van der Waals surface area contributed by atoms with Crippen molar-refractivity contribution in [3.8, 4) is 5.88 Å². The van der Waals surface area contributed by atoms with Crippen molar-refractivity contribution in [3.63, 3.8) is 0 Å². The molecule has 2 rings (SSSR count). The first-order valence-electron chi connectivity index (χ1n) is 6.96. The minimum atomic E-state index is -0.120. The number of ether oxygens (including phenoxy) is 1. The van der Waals surface area contributed by atoms with Crippen LogP contribution in [0.5, 0.6) is 5.88 Å². The molecule has 1 aliphatic heterocycles. The summed E-state index contributed by atoms with van der Waals surface area (Å²) in [4.78, 5) is 18.5. The molecule has 0 aromatic carbocycles. The van der Waals surface area contributed by atoms with E-state index in [0.29, 0.717) is 19.0 Å². The number of pyridine rings is 1. The van der Waals surface area contributed by atoms with Gasteiger partial charge in [-0.3, -0.25) is 9.69 Å². The molecule has 1 fully saturated rings. The molecule has 1 amide bonds. The highest BCUT2D eigenvalue weighted by Crippen LogP contribution is 2.12. The standard InChI is InChI=1S/C14H22N4O2/c1-3-16-14(19)12-9-15-6-7-18(12)10-11-4-5-13(20-2)17-8-11/h4-5,8,12,15H,3,6-7,9-10H2,1-2H3,(H,16,19). The topological polar surface area (TPSA) is 66.5 Å². The molecule has 1 aliphatic rings. The van der Waals surface area contributed by atoms with Crippen LogP contribution >= 0.6 is 0 Å².